The summed E-state index contributed by atoms with van der Waals surface area (Å²) in [4.78, 5) is 27.4. The van der Waals surface area contributed by atoms with Gasteiger partial charge in [-0.2, -0.15) is 0 Å². The molecule has 2 aromatic heterocycles. The number of benzene rings is 1. The van der Waals surface area contributed by atoms with Crippen molar-refractivity contribution in [2.75, 3.05) is 12.9 Å². The van der Waals surface area contributed by atoms with Crippen molar-refractivity contribution in [3.05, 3.63) is 94.8 Å². The van der Waals surface area contributed by atoms with Gasteiger partial charge in [-0.15, -0.1) is 23.1 Å². The summed E-state index contributed by atoms with van der Waals surface area (Å²) >= 11 is 3.13. The lowest BCUT2D eigenvalue weighted by Gasteiger charge is -2.23. The number of nitrogens with one attached hydrogen (secondary N) is 1. The van der Waals surface area contributed by atoms with E-state index >= 15 is 0 Å². The Hall–Kier alpha value is -3.03. The van der Waals surface area contributed by atoms with E-state index in [9.17, 15) is 9.59 Å². The van der Waals surface area contributed by atoms with Crippen molar-refractivity contribution in [1.82, 2.24) is 5.32 Å². The molecule has 1 N–H and O–H groups in total. The molecule has 0 fully saturated rings. The zero-order valence-corrected chi connectivity index (χ0v) is 22.3. The molecular weight excluding hydrogens is 490 g/mol. The largest absolute Gasteiger partial charge is 0.497 e. The van der Waals surface area contributed by atoms with Gasteiger partial charge in [-0.25, -0.2) is 0 Å². The van der Waals surface area contributed by atoms with Crippen molar-refractivity contribution in [2.24, 2.45) is 5.92 Å². The molecule has 1 aromatic carbocycles. The van der Waals surface area contributed by atoms with E-state index in [1.54, 1.807) is 37.3 Å². The highest BCUT2D eigenvalue weighted by molar-refractivity contribution is 8.01. The molecule has 0 aliphatic heterocycles. The summed E-state index contributed by atoms with van der Waals surface area (Å²) in [6.45, 7) is 6.22. The third kappa shape index (κ3) is 6.20. The molecule has 0 bridgehead atoms. The van der Waals surface area contributed by atoms with Crippen molar-refractivity contribution in [3.63, 3.8) is 0 Å². The molecule has 2 unspecified atom stereocenters. The number of Topliss-reactive ketones (excluding diaryl/α,β-unsaturated/α-hetero) is 1. The van der Waals surface area contributed by atoms with Gasteiger partial charge in [-0.1, -0.05) is 43.9 Å². The van der Waals surface area contributed by atoms with E-state index in [1.165, 1.54) is 11.3 Å². The van der Waals surface area contributed by atoms with Crippen LogP contribution < -0.4 is 10.1 Å². The number of fused-ring (bicyclic) bond motifs is 1. The van der Waals surface area contributed by atoms with Crippen molar-refractivity contribution in [3.8, 4) is 5.75 Å². The van der Waals surface area contributed by atoms with Crippen molar-refractivity contribution >= 4 is 34.8 Å². The maximum Gasteiger partial charge on any atom is 0.262 e. The third-order valence-corrected chi connectivity index (χ3v) is 9.07. The topological polar surface area (TPSA) is 68.5 Å². The van der Waals surface area contributed by atoms with Gasteiger partial charge in [0.15, 0.2) is 5.78 Å². The smallest absolute Gasteiger partial charge is 0.262 e. The first-order valence-electron chi connectivity index (χ1n) is 12.0. The van der Waals surface area contributed by atoms with Gasteiger partial charge >= 0.3 is 0 Å². The van der Waals surface area contributed by atoms with E-state index in [2.05, 4.69) is 24.9 Å². The average molecular weight is 522 g/mol. The number of ketones is 1. The first kappa shape index (κ1) is 26.0. The summed E-state index contributed by atoms with van der Waals surface area (Å²) in [5.74, 6) is 2.76. The number of furan rings is 1. The molecule has 2 atom stereocenters. The van der Waals surface area contributed by atoms with Crippen molar-refractivity contribution < 1.29 is 18.7 Å². The molecule has 0 saturated heterocycles. The number of methoxy groups -OCH3 is 1. The summed E-state index contributed by atoms with van der Waals surface area (Å²) in [7, 11) is 1.64. The lowest BCUT2D eigenvalue weighted by Crippen LogP contribution is -2.25. The number of thiophene rings is 1. The first-order valence-corrected chi connectivity index (χ1v) is 13.8. The van der Waals surface area contributed by atoms with E-state index in [1.807, 2.05) is 36.4 Å². The number of thioether (sulfide) groups is 1. The fourth-order valence-electron chi connectivity index (χ4n) is 4.31. The Kier molecular flexibility index (Phi) is 8.88. The van der Waals surface area contributed by atoms with Crippen LogP contribution in [0.1, 0.15) is 62.6 Å². The van der Waals surface area contributed by atoms with Gasteiger partial charge < -0.3 is 14.5 Å². The van der Waals surface area contributed by atoms with Gasteiger partial charge in [0.2, 0.25) is 0 Å². The number of allylic oxidation sites excluding steroid dienone is 3. The van der Waals surface area contributed by atoms with Gasteiger partial charge in [0.05, 0.1) is 29.0 Å². The van der Waals surface area contributed by atoms with E-state index in [0.29, 0.717) is 35.9 Å². The highest BCUT2D eigenvalue weighted by Gasteiger charge is 2.34. The molecule has 36 heavy (non-hydrogen) atoms. The molecule has 1 aliphatic rings. The fourth-order valence-corrected chi connectivity index (χ4v) is 6.96. The van der Waals surface area contributed by atoms with E-state index < -0.39 is 0 Å². The quantitative estimate of drug-likeness (QED) is 0.216. The maximum absolute atomic E-state index is 13.4. The Bertz CT molecular complexity index is 1220. The Morgan fingerprint density at radius 1 is 1.31 bits per heavy atom. The molecule has 3 aromatic rings. The van der Waals surface area contributed by atoms with Gasteiger partial charge in [-0.3, -0.25) is 9.59 Å². The molecule has 188 valence electrons. The maximum atomic E-state index is 13.4. The second-order valence-corrected chi connectivity index (χ2v) is 11.3. The minimum atomic E-state index is -0.162. The molecule has 7 heteroatoms. The van der Waals surface area contributed by atoms with Crippen LogP contribution in [0.3, 0.4) is 0 Å². The molecule has 0 spiro atoms. The van der Waals surface area contributed by atoms with E-state index in [4.69, 9.17) is 9.15 Å². The first-order chi connectivity index (χ1) is 17.5. The molecule has 1 amide bonds. The molecular formula is C29H31NO4S2. The minimum absolute atomic E-state index is 0.0305. The van der Waals surface area contributed by atoms with Gasteiger partial charge in [0, 0.05) is 17.7 Å². The predicted molar refractivity (Wildman–Crippen MR) is 146 cm³/mol. The minimum Gasteiger partial charge on any atom is -0.497 e. The van der Waals surface area contributed by atoms with Crippen LogP contribution in [0.2, 0.25) is 0 Å². The second kappa shape index (κ2) is 12.3. The number of carbonyl (C=O) groups is 2. The molecule has 1 aliphatic carbocycles. The summed E-state index contributed by atoms with van der Waals surface area (Å²) in [5.41, 5.74) is 2.70. The van der Waals surface area contributed by atoms with Gasteiger partial charge in [0.1, 0.15) is 11.5 Å². The Morgan fingerprint density at radius 3 is 2.81 bits per heavy atom. The lowest BCUT2D eigenvalue weighted by molar-refractivity contribution is 0.0950. The monoisotopic (exact) mass is 521 g/mol. The number of hydrogen-bond acceptors (Lipinski definition) is 6. The molecule has 5 nitrogen and oxygen atoms in total. The number of amides is 1. The van der Waals surface area contributed by atoms with Crippen LogP contribution >= 0.6 is 23.1 Å². The van der Waals surface area contributed by atoms with Crippen LogP contribution in [0.4, 0.5) is 0 Å². The molecule has 2 heterocycles. The van der Waals surface area contributed by atoms with Gasteiger partial charge in [0.25, 0.3) is 5.91 Å². The summed E-state index contributed by atoms with van der Waals surface area (Å²) in [6.07, 6.45) is 9.48. The predicted octanol–water partition coefficient (Wildman–Crippen LogP) is 7.05. The van der Waals surface area contributed by atoms with Crippen molar-refractivity contribution in [2.45, 2.75) is 42.9 Å². The normalized spacial score (nSPS) is 16.1. The van der Waals surface area contributed by atoms with E-state index in [-0.39, 0.29) is 17.6 Å². The number of hydrogen-bond donors (Lipinski definition) is 1. The van der Waals surface area contributed by atoms with Crippen LogP contribution in [0.5, 0.6) is 5.75 Å². The van der Waals surface area contributed by atoms with Crippen LogP contribution in [0, 0.1) is 5.92 Å². The van der Waals surface area contributed by atoms with E-state index in [0.717, 1.165) is 38.8 Å². The summed E-state index contributed by atoms with van der Waals surface area (Å²) < 4.78 is 11.6. The third-order valence-electron chi connectivity index (χ3n) is 6.24. The van der Waals surface area contributed by atoms with Crippen LogP contribution in [-0.4, -0.2) is 24.6 Å². The summed E-state index contributed by atoms with van der Waals surface area (Å²) in [6, 6.07) is 11.5. The Labute approximate surface area is 220 Å². The average Bonchev–Trinajstić information content (AvgIpc) is 3.54. The van der Waals surface area contributed by atoms with Crippen LogP contribution in [0.25, 0.3) is 0 Å². The SMILES string of the molecule is C=C/C=C\CC(C)CSc1sc(C(=O)NCc2ccco2)c2c1C(=O)CC(c1ccc(OC)cc1)C2. The molecule has 0 saturated carbocycles. The Balaban J connectivity index is 1.59. The molecule has 4 rings (SSSR count). The molecule has 0 radical (unpaired) electrons. The number of carbonyl (C=O) groups excluding carboxylic acids is 2. The van der Waals surface area contributed by atoms with Crippen LogP contribution in [-0.2, 0) is 13.0 Å². The zero-order valence-electron chi connectivity index (χ0n) is 20.6. The van der Waals surface area contributed by atoms with Crippen molar-refractivity contribution in [1.29, 1.82) is 0 Å². The lowest BCUT2D eigenvalue weighted by atomic mass is 9.80. The standard InChI is InChI=1S/C29H31NO4S2/c1-4-5-6-8-19(2)18-35-29-26-24(27(36-29)28(32)30-17-23-9-7-14-34-23)15-21(16-25(26)31)20-10-12-22(33-3)13-11-20/h4-7,9-14,19,21H,1,8,15-18H2,2-3H3,(H,30,32)/b6-5-. The Morgan fingerprint density at radius 2 is 2.11 bits per heavy atom. The second-order valence-electron chi connectivity index (χ2n) is 8.95. The number of rotatable bonds is 11. The highest BCUT2D eigenvalue weighted by Crippen LogP contribution is 2.44. The highest BCUT2D eigenvalue weighted by atomic mass is 32.2. The fraction of sp³-hybridized carbons (Fsp3) is 0.310. The van der Waals surface area contributed by atoms with Gasteiger partial charge in [-0.05, 0) is 60.1 Å². The zero-order chi connectivity index (χ0) is 25.5. The van der Waals surface area contributed by atoms with Crippen LogP contribution in [0.15, 0.2) is 76.1 Å². The number of ether oxygens (including phenoxy) is 1. The summed E-state index contributed by atoms with van der Waals surface area (Å²) in [5, 5.41) is 2.97.